The van der Waals surface area contributed by atoms with E-state index in [1.54, 1.807) is 4.90 Å². The number of allylic oxidation sites excluding steroid dienone is 1. The Bertz CT molecular complexity index is 463. The standard InChI is InChI=1S/C13H17N3O/c1-7-4-9-10-6-14-8(2)5-15-12(10)16(3)13(17)11(7)9/h5-9,11H,4H2,1-3H3/t7?,8?,9?,11-/m1/s1. The molecule has 3 aliphatic rings. The van der Waals surface area contributed by atoms with Gasteiger partial charge in [0.1, 0.15) is 5.82 Å². The molecule has 4 nitrogen and oxygen atoms in total. The molecule has 0 N–H and O–H groups in total. The quantitative estimate of drug-likeness (QED) is 0.623. The van der Waals surface area contributed by atoms with Crippen molar-refractivity contribution in [2.75, 3.05) is 7.05 Å². The first-order valence-electron chi connectivity index (χ1n) is 6.18. The average molecular weight is 231 g/mol. The zero-order valence-corrected chi connectivity index (χ0v) is 10.4. The van der Waals surface area contributed by atoms with Crippen molar-refractivity contribution in [3.05, 3.63) is 11.4 Å². The zero-order chi connectivity index (χ0) is 12.2. The summed E-state index contributed by atoms with van der Waals surface area (Å²) in [7, 11) is 1.82. The average Bonchev–Trinajstić information content (AvgIpc) is 2.46. The number of rotatable bonds is 0. The van der Waals surface area contributed by atoms with E-state index < -0.39 is 0 Å². The molecular formula is C13H17N3O. The second kappa shape index (κ2) is 3.52. The van der Waals surface area contributed by atoms with Gasteiger partial charge in [-0.25, -0.2) is 4.99 Å². The highest BCUT2D eigenvalue weighted by Gasteiger charge is 2.50. The van der Waals surface area contributed by atoms with Crippen LogP contribution in [0.25, 0.3) is 0 Å². The molecule has 4 atom stereocenters. The molecule has 0 saturated heterocycles. The first-order chi connectivity index (χ1) is 8.09. The monoisotopic (exact) mass is 231 g/mol. The maximum Gasteiger partial charge on any atom is 0.231 e. The summed E-state index contributed by atoms with van der Waals surface area (Å²) in [6.45, 7) is 4.15. The lowest BCUT2D eigenvalue weighted by Crippen LogP contribution is -2.51. The highest BCUT2D eigenvalue weighted by molar-refractivity contribution is 5.93. The first kappa shape index (κ1) is 10.7. The van der Waals surface area contributed by atoms with Gasteiger partial charge in [-0.05, 0) is 19.3 Å². The molecule has 2 aliphatic heterocycles. The van der Waals surface area contributed by atoms with Crippen molar-refractivity contribution in [1.82, 2.24) is 4.90 Å². The molecule has 0 bridgehead atoms. The number of carbonyl (C=O) groups is 1. The van der Waals surface area contributed by atoms with E-state index in [1.807, 2.05) is 26.4 Å². The van der Waals surface area contributed by atoms with Gasteiger partial charge in [0.05, 0.1) is 6.04 Å². The smallest absolute Gasteiger partial charge is 0.231 e. The van der Waals surface area contributed by atoms with Crippen LogP contribution in [0.1, 0.15) is 20.3 Å². The third-order valence-corrected chi connectivity index (χ3v) is 4.12. The molecule has 0 spiro atoms. The van der Waals surface area contributed by atoms with E-state index in [9.17, 15) is 4.79 Å². The Balaban J connectivity index is 2.07. The molecule has 0 aromatic rings. The minimum absolute atomic E-state index is 0.0973. The third-order valence-electron chi connectivity index (χ3n) is 4.12. The molecule has 1 saturated carbocycles. The van der Waals surface area contributed by atoms with Crippen LogP contribution in [0.3, 0.4) is 0 Å². The lowest BCUT2D eigenvalue weighted by Gasteiger charge is -2.47. The Labute approximate surface area is 101 Å². The van der Waals surface area contributed by atoms with Crippen LogP contribution in [-0.2, 0) is 4.79 Å². The molecular weight excluding hydrogens is 214 g/mol. The van der Waals surface area contributed by atoms with Gasteiger partial charge in [0.25, 0.3) is 0 Å². The van der Waals surface area contributed by atoms with Crippen LogP contribution in [0, 0.1) is 17.8 Å². The Hall–Kier alpha value is -1.45. The van der Waals surface area contributed by atoms with Gasteiger partial charge in [0, 0.05) is 36.9 Å². The van der Waals surface area contributed by atoms with Gasteiger partial charge in [-0.2, -0.15) is 0 Å². The lowest BCUT2D eigenvalue weighted by atomic mass is 9.60. The van der Waals surface area contributed by atoms with Crippen molar-refractivity contribution < 1.29 is 4.79 Å². The SMILES string of the molecule is CC1C=NC2=C(C=N1)C1CC(C)[C@H]1C(=O)N2C. The fraction of sp³-hybridized carbons (Fsp3) is 0.615. The van der Waals surface area contributed by atoms with Gasteiger partial charge in [0.2, 0.25) is 5.91 Å². The predicted molar refractivity (Wildman–Crippen MR) is 67.0 cm³/mol. The van der Waals surface area contributed by atoms with Gasteiger partial charge in [0.15, 0.2) is 0 Å². The number of amides is 1. The molecule has 17 heavy (non-hydrogen) atoms. The van der Waals surface area contributed by atoms with Crippen LogP contribution in [0.4, 0.5) is 0 Å². The molecule has 3 rings (SSSR count). The zero-order valence-electron chi connectivity index (χ0n) is 10.4. The number of aliphatic imine (C=N–C) groups is 2. The van der Waals surface area contributed by atoms with Gasteiger partial charge < -0.3 is 0 Å². The number of fused-ring (bicyclic) bond motifs is 2. The Morgan fingerprint density at radius 3 is 2.88 bits per heavy atom. The minimum Gasteiger partial charge on any atom is -0.299 e. The summed E-state index contributed by atoms with van der Waals surface area (Å²) in [4.78, 5) is 22.8. The van der Waals surface area contributed by atoms with E-state index in [-0.39, 0.29) is 17.9 Å². The fourth-order valence-electron chi connectivity index (χ4n) is 3.05. The largest absolute Gasteiger partial charge is 0.299 e. The molecule has 3 unspecified atom stereocenters. The molecule has 1 fully saturated rings. The van der Waals surface area contributed by atoms with E-state index in [1.165, 1.54) is 0 Å². The van der Waals surface area contributed by atoms with Crippen LogP contribution in [0.5, 0.6) is 0 Å². The molecule has 0 aromatic heterocycles. The molecule has 0 radical (unpaired) electrons. The molecule has 0 aromatic carbocycles. The Morgan fingerprint density at radius 1 is 1.41 bits per heavy atom. The second-order valence-corrected chi connectivity index (χ2v) is 5.32. The summed E-state index contributed by atoms with van der Waals surface area (Å²) in [6.07, 6.45) is 4.82. The normalized spacial score (nSPS) is 39.7. The van der Waals surface area contributed by atoms with Crippen molar-refractivity contribution in [2.45, 2.75) is 26.3 Å². The van der Waals surface area contributed by atoms with Crippen molar-refractivity contribution in [2.24, 2.45) is 27.7 Å². The minimum atomic E-state index is 0.0973. The Morgan fingerprint density at radius 2 is 2.18 bits per heavy atom. The maximum atomic E-state index is 12.2. The molecule has 1 aliphatic carbocycles. The predicted octanol–water partition coefficient (Wildman–Crippen LogP) is 1.49. The van der Waals surface area contributed by atoms with Gasteiger partial charge in [-0.1, -0.05) is 6.92 Å². The van der Waals surface area contributed by atoms with E-state index >= 15 is 0 Å². The summed E-state index contributed by atoms with van der Waals surface area (Å²) >= 11 is 0. The van der Waals surface area contributed by atoms with Gasteiger partial charge in [-0.3, -0.25) is 14.7 Å². The topological polar surface area (TPSA) is 45.0 Å². The van der Waals surface area contributed by atoms with E-state index in [0.717, 1.165) is 17.8 Å². The molecule has 90 valence electrons. The third kappa shape index (κ3) is 1.39. The lowest BCUT2D eigenvalue weighted by molar-refractivity contribution is -0.142. The van der Waals surface area contributed by atoms with Crippen LogP contribution < -0.4 is 0 Å². The van der Waals surface area contributed by atoms with Crippen molar-refractivity contribution in [3.63, 3.8) is 0 Å². The van der Waals surface area contributed by atoms with Crippen LogP contribution >= 0.6 is 0 Å². The Kier molecular flexibility index (Phi) is 2.21. The number of hydrogen-bond donors (Lipinski definition) is 0. The maximum absolute atomic E-state index is 12.2. The molecule has 4 heteroatoms. The highest BCUT2D eigenvalue weighted by atomic mass is 16.2. The van der Waals surface area contributed by atoms with Crippen LogP contribution in [0.15, 0.2) is 21.4 Å². The van der Waals surface area contributed by atoms with E-state index in [4.69, 9.17) is 0 Å². The number of nitrogens with zero attached hydrogens (tertiary/aromatic N) is 3. The molecule has 1 amide bonds. The number of carbonyl (C=O) groups excluding carboxylic acids is 1. The summed E-state index contributed by atoms with van der Waals surface area (Å²) < 4.78 is 0. The van der Waals surface area contributed by atoms with Crippen molar-refractivity contribution in [1.29, 1.82) is 0 Å². The van der Waals surface area contributed by atoms with E-state index in [0.29, 0.717) is 11.8 Å². The number of hydrogen-bond acceptors (Lipinski definition) is 3. The fourth-order valence-corrected chi connectivity index (χ4v) is 3.05. The highest BCUT2D eigenvalue weighted by Crippen LogP contribution is 2.49. The van der Waals surface area contributed by atoms with Gasteiger partial charge in [-0.15, -0.1) is 0 Å². The van der Waals surface area contributed by atoms with Crippen molar-refractivity contribution in [3.8, 4) is 0 Å². The van der Waals surface area contributed by atoms with E-state index in [2.05, 4.69) is 16.9 Å². The molecule has 2 heterocycles. The summed E-state index contributed by atoms with van der Waals surface area (Å²) in [5, 5.41) is 0. The summed E-state index contributed by atoms with van der Waals surface area (Å²) in [5.74, 6) is 2.00. The van der Waals surface area contributed by atoms with Crippen LogP contribution in [-0.4, -0.2) is 36.3 Å². The van der Waals surface area contributed by atoms with Crippen molar-refractivity contribution >= 4 is 18.3 Å². The summed E-state index contributed by atoms with van der Waals surface area (Å²) in [6, 6.07) is 0.0973. The van der Waals surface area contributed by atoms with Crippen LogP contribution in [0.2, 0.25) is 0 Å². The first-order valence-corrected chi connectivity index (χ1v) is 6.18. The van der Waals surface area contributed by atoms with Gasteiger partial charge >= 0.3 is 0 Å². The second-order valence-electron chi connectivity index (χ2n) is 5.32. The summed E-state index contributed by atoms with van der Waals surface area (Å²) in [5.41, 5.74) is 1.15.